The van der Waals surface area contributed by atoms with Crippen LogP contribution < -0.4 is 15.8 Å². The largest absolute Gasteiger partial charge is 0.492 e. The van der Waals surface area contributed by atoms with Crippen molar-refractivity contribution in [2.45, 2.75) is 20.4 Å². The summed E-state index contributed by atoms with van der Waals surface area (Å²) in [6.45, 7) is 6.11. The molecule has 0 radical (unpaired) electrons. The van der Waals surface area contributed by atoms with E-state index in [4.69, 9.17) is 10.5 Å². The number of rotatable bonds is 7. The lowest BCUT2D eigenvalue weighted by Gasteiger charge is -2.09. The Labute approximate surface area is 130 Å². The molecule has 0 bridgehead atoms. The number of nitrogens with zero attached hydrogens (tertiary/aromatic N) is 2. The third-order valence-corrected chi connectivity index (χ3v) is 3.47. The van der Waals surface area contributed by atoms with E-state index in [1.165, 1.54) is 0 Å². The molecule has 2 rings (SSSR count). The summed E-state index contributed by atoms with van der Waals surface area (Å²) in [5.74, 6) is 0.534. The zero-order valence-corrected chi connectivity index (χ0v) is 13.0. The summed E-state index contributed by atoms with van der Waals surface area (Å²) >= 11 is 0. The lowest BCUT2D eigenvalue weighted by Crippen LogP contribution is -2.27. The summed E-state index contributed by atoms with van der Waals surface area (Å²) in [6.07, 6.45) is 1.79. The third kappa shape index (κ3) is 4.08. The zero-order chi connectivity index (χ0) is 15.9. The Kier molecular flexibility index (Phi) is 5.55. The third-order valence-electron chi connectivity index (χ3n) is 3.47. The van der Waals surface area contributed by atoms with E-state index in [9.17, 15) is 4.79 Å². The minimum Gasteiger partial charge on any atom is -0.492 e. The molecule has 0 spiro atoms. The first-order chi connectivity index (χ1) is 10.6. The van der Waals surface area contributed by atoms with E-state index < -0.39 is 0 Å². The number of nitrogens with one attached hydrogen (secondary N) is 1. The van der Waals surface area contributed by atoms with Crippen molar-refractivity contribution in [3.63, 3.8) is 0 Å². The molecule has 0 aliphatic carbocycles. The number of amides is 1. The molecule has 0 saturated carbocycles. The van der Waals surface area contributed by atoms with Gasteiger partial charge in [0.1, 0.15) is 12.4 Å². The Hall–Kier alpha value is -2.34. The molecule has 0 aliphatic heterocycles. The average molecular weight is 302 g/mol. The van der Waals surface area contributed by atoms with Crippen LogP contribution in [-0.2, 0) is 6.54 Å². The molecule has 1 aromatic carbocycles. The lowest BCUT2D eigenvalue weighted by atomic mass is 10.2. The van der Waals surface area contributed by atoms with Crippen molar-refractivity contribution in [3.8, 4) is 5.75 Å². The summed E-state index contributed by atoms with van der Waals surface area (Å²) in [5.41, 5.74) is 8.10. The Bertz CT molecular complexity index is 637. The number of aromatic nitrogens is 2. The highest BCUT2D eigenvalue weighted by molar-refractivity contribution is 5.94. The topological polar surface area (TPSA) is 82.2 Å². The fourth-order valence-electron chi connectivity index (χ4n) is 2.07. The highest BCUT2D eigenvalue weighted by atomic mass is 16.5. The van der Waals surface area contributed by atoms with Crippen LogP contribution in [0.25, 0.3) is 0 Å². The number of ether oxygens (including phenoxy) is 1. The number of carbonyl (C=O) groups is 1. The van der Waals surface area contributed by atoms with Gasteiger partial charge < -0.3 is 20.4 Å². The maximum Gasteiger partial charge on any atom is 0.251 e. The summed E-state index contributed by atoms with van der Waals surface area (Å²) in [4.78, 5) is 16.4. The molecular weight excluding hydrogens is 280 g/mol. The summed E-state index contributed by atoms with van der Waals surface area (Å²) in [6, 6.07) is 7.09. The van der Waals surface area contributed by atoms with Crippen LogP contribution >= 0.6 is 0 Å². The van der Waals surface area contributed by atoms with E-state index in [1.807, 2.05) is 24.5 Å². The molecule has 0 unspecified atom stereocenters. The Balaban J connectivity index is 1.88. The van der Waals surface area contributed by atoms with Crippen LogP contribution in [0.2, 0.25) is 0 Å². The number of carbonyl (C=O) groups excluding carboxylic acids is 1. The van der Waals surface area contributed by atoms with E-state index >= 15 is 0 Å². The van der Waals surface area contributed by atoms with E-state index in [1.54, 1.807) is 24.5 Å². The fourth-order valence-corrected chi connectivity index (χ4v) is 2.07. The van der Waals surface area contributed by atoms with Crippen LogP contribution in [-0.4, -0.2) is 35.2 Å². The van der Waals surface area contributed by atoms with Crippen molar-refractivity contribution >= 4 is 5.91 Å². The predicted octanol–water partition coefficient (Wildman–Crippen LogP) is 1.27. The van der Waals surface area contributed by atoms with Gasteiger partial charge in [0.15, 0.2) is 0 Å². The van der Waals surface area contributed by atoms with Gasteiger partial charge in [-0.3, -0.25) is 4.79 Å². The van der Waals surface area contributed by atoms with Gasteiger partial charge in [0.25, 0.3) is 5.91 Å². The van der Waals surface area contributed by atoms with Crippen molar-refractivity contribution in [1.82, 2.24) is 14.9 Å². The second-order valence-electron chi connectivity index (χ2n) is 5.03. The molecule has 6 heteroatoms. The molecule has 0 fully saturated rings. The first kappa shape index (κ1) is 16.0. The standard InChI is InChI=1S/C16H22N4O2/c1-12-13(2)20(11-19-12)8-7-18-16(21)14-4-3-5-15(10-14)22-9-6-17/h3-5,10-11H,6-9,17H2,1-2H3,(H,18,21). The number of hydrogen-bond acceptors (Lipinski definition) is 4. The average Bonchev–Trinajstić information content (AvgIpc) is 2.85. The monoisotopic (exact) mass is 302 g/mol. The molecule has 0 atom stereocenters. The van der Waals surface area contributed by atoms with E-state index in [-0.39, 0.29) is 5.91 Å². The predicted molar refractivity (Wildman–Crippen MR) is 85.0 cm³/mol. The van der Waals surface area contributed by atoms with Crippen LogP contribution in [0.1, 0.15) is 21.7 Å². The van der Waals surface area contributed by atoms with Gasteiger partial charge in [0.05, 0.1) is 12.0 Å². The van der Waals surface area contributed by atoms with Crippen molar-refractivity contribution in [1.29, 1.82) is 0 Å². The quantitative estimate of drug-likeness (QED) is 0.807. The van der Waals surface area contributed by atoms with Crippen molar-refractivity contribution in [2.75, 3.05) is 19.7 Å². The van der Waals surface area contributed by atoms with Crippen LogP contribution in [0.3, 0.4) is 0 Å². The SMILES string of the molecule is Cc1ncn(CCNC(=O)c2cccc(OCCN)c2)c1C. The smallest absolute Gasteiger partial charge is 0.251 e. The van der Waals surface area contributed by atoms with E-state index in [0.717, 1.165) is 11.4 Å². The second kappa shape index (κ2) is 7.61. The van der Waals surface area contributed by atoms with Gasteiger partial charge in [-0.25, -0.2) is 4.98 Å². The van der Waals surface area contributed by atoms with Crippen LogP contribution in [0, 0.1) is 13.8 Å². The normalized spacial score (nSPS) is 10.5. The van der Waals surface area contributed by atoms with Crippen LogP contribution in [0.15, 0.2) is 30.6 Å². The molecule has 1 heterocycles. The molecule has 6 nitrogen and oxygen atoms in total. The summed E-state index contributed by atoms with van der Waals surface area (Å²) in [7, 11) is 0. The molecule has 2 aromatic rings. The maximum atomic E-state index is 12.1. The molecule has 0 aliphatic rings. The van der Waals surface area contributed by atoms with Gasteiger partial charge in [-0.2, -0.15) is 0 Å². The Morgan fingerprint density at radius 2 is 2.23 bits per heavy atom. The second-order valence-corrected chi connectivity index (χ2v) is 5.03. The van der Waals surface area contributed by atoms with Gasteiger partial charge in [-0.05, 0) is 32.0 Å². The van der Waals surface area contributed by atoms with E-state index in [2.05, 4.69) is 10.3 Å². The number of aryl methyl sites for hydroxylation is 1. The Morgan fingerprint density at radius 3 is 2.91 bits per heavy atom. The highest BCUT2D eigenvalue weighted by Gasteiger charge is 2.07. The van der Waals surface area contributed by atoms with Crippen molar-refractivity contribution in [2.24, 2.45) is 5.73 Å². The number of imidazole rings is 1. The van der Waals surface area contributed by atoms with Gasteiger partial charge in [0, 0.05) is 30.9 Å². The van der Waals surface area contributed by atoms with Gasteiger partial charge in [0.2, 0.25) is 0 Å². The minimum atomic E-state index is -0.118. The van der Waals surface area contributed by atoms with Crippen LogP contribution in [0.5, 0.6) is 5.75 Å². The molecule has 3 N–H and O–H groups in total. The highest BCUT2D eigenvalue weighted by Crippen LogP contribution is 2.13. The molecule has 22 heavy (non-hydrogen) atoms. The zero-order valence-electron chi connectivity index (χ0n) is 13.0. The number of nitrogens with two attached hydrogens (primary N) is 1. The number of hydrogen-bond donors (Lipinski definition) is 2. The Morgan fingerprint density at radius 1 is 1.41 bits per heavy atom. The molecule has 118 valence electrons. The summed E-state index contributed by atoms with van der Waals surface area (Å²) < 4.78 is 7.45. The molecule has 1 amide bonds. The lowest BCUT2D eigenvalue weighted by molar-refractivity contribution is 0.0951. The first-order valence-electron chi connectivity index (χ1n) is 7.31. The fraction of sp³-hybridized carbons (Fsp3) is 0.375. The maximum absolute atomic E-state index is 12.1. The van der Waals surface area contributed by atoms with Crippen molar-refractivity contribution in [3.05, 3.63) is 47.5 Å². The van der Waals surface area contributed by atoms with Gasteiger partial charge >= 0.3 is 0 Å². The van der Waals surface area contributed by atoms with Crippen LogP contribution in [0.4, 0.5) is 0 Å². The molecule has 1 aromatic heterocycles. The molecule has 0 saturated heterocycles. The van der Waals surface area contributed by atoms with Crippen molar-refractivity contribution < 1.29 is 9.53 Å². The molecular formula is C16H22N4O2. The van der Waals surface area contributed by atoms with Gasteiger partial charge in [-0.1, -0.05) is 6.07 Å². The first-order valence-corrected chi connectivity index (χ1v) is 7.31. The summed E-state index contributed by atoms with van der Waals surface area (Å²) in [5, 5.41) is 2.90. The number of benzene rings is 1. The minimum absolute atomic E-state index is 0.118. The van der Waals surface area contributed by atoms with E-state index in [0.29, 0.717) is 37.6 Å². The van der Waals surface area contributed by atoms with Gasteiger partial charge in [-0.15, -0.1) is 0 Å².